The summed E-state index contributed by atoms with van der Waals surface area (Å²) in [6.07, 6.45) is 3.50. The van der Waals surface area contributed by atoms with Gasteiger partial charge in [-0.25, -0.2) is 9.97 Å². The van der Waals surface area contributed by atoms with Crippen molar-refractivity contribution in [1.82, 2.24) is 19.5 Å². The molecule has 4 rings (SSSR count). The fraction of sp³-hybridized carbons (Fsp3) is 0.259. The number of aromatic nitrogens is 4. The molecule has 1 aromatic carbocycles. The highest BCUT2D eigenvalue weighted by molar-refractivity contribution is 9.10. The van der Waals surface area contributed by atoms with Gasteiger partial charge in [-0.1, -0.05) is 26.0 Å². The van der Waals surface area contributed by atoms with Crippen LogP contribution in [0.25, 0.3) is 17.1 Å². The molecule has 0 N–H and O–H groups in total. The van der Waals surface area contributed by atoms with Gasteiger partial charge in [0, 0.05) is 30.1 Å². The molecule has 180 valence electrons. The van der Waals surface area contributed by atoms with Gasteiger partial charge in [0.25, 0.3) is 5.56 Å². The molecule has 0 fully saturated rings. The normalized spacial score (nSPS) is 11.1. The number of ether oxygens (including phenoxy) is 2. The molecular weight excluding hydrogens is 508 g/mol. The second-order valence-corrected chi connectivity index (χ2v) is 9.35. The first-order valence-electron chi connectivity index (χ1n) is 11.3. The third-order valence-electron chi connectivity index (χ3n) is 5.58. The zero-order valence-electron chi connectivity index (χ0n) is 20.4. The highest BCUT2D eigenvalue weighted by atomic mass is 79.9. The summed E-state index contributed by atoms with van der Waals surface area (Å²) in [4.78, 5) is 27.0. The number of methoxy groups -OCH3 is 1. The summed E-state index contributed by atoms with van der Waals surface area (Å²) in [6, 6.07) is 13.2. The molecule has 3 heterocycles. The van der Waals surface area contributed by atoms with Gasteiger partial charge in [-0.3, -0.25) is 14.3 Å². The van der Waals surface area contributed by atoms with E-state index in [9.17, 15) is 4.79 Å². The molecule has 0 bridgehead atoms. The molecule has 0 atom stereocenters. The Balaban J connectivity index is 1.68. The summed E-state index contributed by atoms with van der Waals surface area (Å²) in [7, 11) is 1.62. The van der Waals surface area contributed by atoms with Crippen LogP contribution in [0.5, 0.6) is 11.5 Å². The molecule has 7 nitrogen and oxygen atoms in total. The minimum absolute atomic E-state index is 0.197. The average Bonchev–Trinajstić information content (AvgIpc) is 2.86. The van der Waals surface area contributed by atoms with E-state index in [4.69, 9.17) is 14.5 Å². The van der Waals surface area contributed by atoms with E-state index in [2.05, 4.69) is 39.7 Å². The van der Waals surface area contributed by atoms with E-state index in [1.54, 1.807) is 23.9 Å². The van der Waals surface area contributed by atoms with E-state index in [1.807, 2.05) is 56.4 Å². The van der Waals surface area contributed by atoms with Gasteiger partial charge in [0.15, 0.2) is 0 Å². The molecule has 4 aromatic rings. The Morgan fingerprint density at radius 3 is 2.63 bits per heavy atom. The van der Waals surface area contributed by atoms with Crippen LogP contribution in [-0.4, -0.2) is 26.6 Å². The second-order valence-electron chi connectivity index (χ2n) is 8.56. The third kappa shape index (κ3) is 5.27. The van der Waals surface area contributed by atoms with Crippen molar-refractivity contribution in [3.8, 4) is 28.6 Å². The van der Waals surface area contributed by atoms with E-state index in [-0.39, 0.29) is 11.5 Å². The molecule has 3 aromatic heterocycles. The van der Waals surface area contributed by atoms with Crippen LogP contribution in [0.2, 0.25) is 0 Å². The fourth-order valence-corrected chi connectivity index (χ4v) is 4.12. The monoisotopic (exact) mass is 534 g/mol. The topological polar surface area (TPSA) is 79.1 Å². The minimum Gasteiger partial charge on any atom is -0.497 e. The molecule has 8 heteroatoms. The molecule has 0 radical (unpaired) electrons. The SMILES string of the molecule is COc1cccc(COc2cc(C)n(-c3ccnc(-c4nc(C(C)C)ncc4C)c3)c(=O)c2Br)c1. The maximum atomic E-state index is 13.4. The molecule has 0 saturated heterocycles. The first-order valence-corrected chi connectivity index (χ1v) is 12.1. The average molecular weight is 535 g/mol. The maximum Gasteiger partial charge on any atom is 0.273 e. The summed E-state index contributed by atoms with van der Waals surface area (Å²) < 4.78 is 13.2. The van der Waals surface area contributed by atoms with E-state index < -0.39 is 0 Å². The molecule has 35 heavy (non-hydrogen) atoms. The first-order chi connectivity index (χ1) is 16.8. The second kappa shape index (κ2) is 10.4. The summed E-state index contributed by atoms with van der Waals surface area (Å²) >= 11 is 3.45. The number of benzene rings is 1. The van der Waals surface area contributed by atoms with Gasteiger partial charge in [-0.2, -0.15) is 0 Å². The Bertz CT molecular complexity index is 1430. The Morgan fingerprint density at radius 2 is 1.89 bits per heavy atom. The predicted octanol–water partition coefficient (Wildman–Crippen LogP) is 5.78. The van der Waals surface area contributed by atoms with E-state index in [0.29, 0.717) is 28.2 Å². The zero-order valence-corrected chi connectivity index (χ0v) is 22.0. The summed E-state index contributed by atoms with van der Waals surface area (Å²) in [6.45, 7) is 8.24. The quantitative estimate of drug-likeness (QED) is 0.299. The number of halogens is 1. The lowest BCUT2D eigenvalue weighted by molar-refractivity contribution is 0.302. The van der Waals surface area contributed by atoms with Gasteiger partial charge >= 0.3 is 0 Å². The number of hydrogen-bond donors (Lipinski definition) is 0. The van der Waals surface area contributed by atoms with E-state index >= 15 is 0 Å². The number of pyridine rings is 2. The standard InChI is InChI=1S/C27H27BrN4O3/c1-16(2)26-30-14-17(3)25(31-26)22-13-20(9-10-29-22)32-18(4)11-23(24(28)27(32)33)35-15-19-7-6-8-21(12-19)34-5/h6-14,16H,15H2,1-5H3. The molecule has 0 aliphatic carbocycles. The lowest BCUT2D eigenvalue weighted by Crippen LogP contribution is -2.22. The van der Waals surface area contributed by atoms with Gasteiger partial charge < -0.3 is 9.47 Å². The van der Waals surface area contributed by atoms with Crippen LogP contribution in [0.3, 0.4) is 0 Å². The summed E-state index contributed by atoms with van der Waals surface area (Å²) in [5.74, 6) is 2.19. The molecular formula is C27H27BrN4O3. The van der Waals surface area contributed by atoms with Gasteiger partial charge in [-0.15, -0.1) is 0 Å². The van der Waals surface area contributed by atoms with Crippen LogP contribution >= 0.6 is 15.9 Å². The van der Waals surface area contributed by atoms with E-state index in [0.717, 1.165) is 34.1 Å². The van der Waals surface area contributed by atoms with Crippen LogP contribution in [0.1, 0.15) is 42.4 Å². The number of rotatable bonds is 7. The van der Waals surface area contributed by atoms with Crippen LogP contribution in [0.15, 0.2) is 64.1 Å². The summed E-state index contributed by atoms with van der Waals surface area (Å²) in [5.41, 5.74) is 4.52. The molecule has 0 aliphatic heterocycles. The third-order valence-corrected chi connectivity index (χ3v) is 6.31. The Labute approximate surface area is 213 Å². The van der Waals surface area contributed by atoms with Crippen molar-refractivity contribution in [2.45, 2.75) is 40.2 Å². The predicted molar refractivity (Wildman–Crippen MR) is 139 cm³/mol. The first kappa shape index (κ1) is 24.6. The van der Waals surface area contributed by atoms with Gasteiger partial charge in [-0.05, 0) is 65.2 Å². The highest BCUT2D eigenvalue weighted by Crippen LogP contribution is 2.27. The largest absolute Gasteiger partial charge is 0.497 e. The number of nitrogens with zero attached hydrogens (tertiary/aromatic N) is 4. The van der Waals surface area contributed by atoms with Crippen molar-refractivity contribution < 1.29 is 9.47 Å². The molecule has 0 spiro atoms. The van der Waals surface area contributed by atoms with Crippen LogP contribution in [0, 0.1) is 13.8 Å². The molecule has 0 amide bonds. The van der Waals surface area contributed by atoms with Crippen molar-refractivity contribution >= 4 is 15.9 Å². The van der Waals surface area contributed by atoms with Crippen LogP contribution in [0.4, 0.5) is 0 Å². The van der Waals surface area contributed by atoms with Crippen molar-refractivity contribution in [3.05, 3.63) is 92.3 Å². The van der Waals surface area contributed by atoms with Crippen molar-refractivity contribution in [2.75, 3.05) is 7.11 Å². The lowest BCUT2D eigenvalue weighted by Gasteiger charge is -2.16. The highest BCUT2D eigenvalue weighted by Gasteiger charge is 2.16. The fourth-order valence-electron chi connectivity index (χ4n) is 3.71. The van der Waals surface area contributed by atoms with Crippen molar-refractivity contribution in [1.29, 1.82) is 0 Å². The Hall–Kier alpha value is -3.52. The van der Waals surface area contributed by atoms with Crippen molar-refractivity contribution in [3.63, 3.8) is 0 Å². The minimum atomic E-state index is -0.218. The molecule has 0 unspecified atom stereocenters. The van der Waals surface area contributed by atoms with Crippen molar-refractivity contribution in [2.24, 2.45) is 0 Å². The van der Waals surface area contributed by atoms with Gasteiger partial charge in [0.05, 0.1) is 24.2 Å². The maximum absolute atomic E-state index is 13.4. The number of hydrogen-bond acceptors (Lipinski definition) is 6. The Morgan fingerprint density at radius 1 is 1.09 bits per heavy atom. The lowest BCUT2D eigenvalue weighted by atomic mass is 10.1. The van der Waals surface area contributed by atoms with E-state index in [1.165, 1.54) is 0 Å². The van der Waals surface area contributed by atoms with Gasteiger partial charge in [0.2, 0.25) is 0 Å². The van der Waals surface area contributed by atoms with Crippen LogP contribution in [-0.2, 0) is 6.61 Å². The molecule has 0 aliphatic rings. The number of aryl methyl sites for hydroxylation is 2. The zero-order chi connectivity index (χ0) is 25.1. The summed E-state index contributed by atoms with van der Waals surface area (Å²) in [5, 5.41) is 0. The van der Waals surface area contributed by atoms with Crippen LogP contribution < -0.4 is 15.0 Å². The Kier molecular flexibility index (Phi) is 7.31. The van der Waals surface area contributed by atoms with Gasteiger partial charge in [0.1, 0.15) is 28.4 Å². The smallest absolute Gasteiger partial charge is 0.273 e. The molecule has 0 saturated carbocycles.